The largest absolute Gasteiger partial charge is 0.344 e. The molecule has 2 atom stereocenters. The number of carbonyl (C=O) groups is 1. The van der Waals surface area contributed by atoms with Gasteiger partial charge in [0.15, 0.2) is 0 Å². The van der Waals surface area contributed by atoms with Gasteiger partial charge in [-0.15, -0.1) is 0 Å². The fourth-order valence-corrected chi connectivity index (χ4v) is 2.41. The highest BCUT2D eigenvalue weighted by Crippen LogP contribution is 2.17. The van der Waals surface area contributed by atoms with Crippen LogP contribution in [0.3, 0.4) is 0 Å². The molecule has 1 aliphatic rings. The molecule has 15 heavy (non-hydrogen) atoms. The lowest BCUT2D eigenvalue weighted by atomic mass is 9.92. The maximum atomic E-state index is 12.1. The van der Waals surface area contributed by atoms with Gasteiger partial charge in [-0.2, -0.15) is 11.8 Å². The number of carbonyl (C=O) groups excluding carboxylic acids is 1. The zero-order valence-electron chi connectivity index (χ0n) is 9.95. The monoisotopic (exact) mass is 230 g/mol. The fourth-order valence-electron chi connectivity index (χ4n) is 1.96. The minimum absolute atomic E-state index is 0.0469. The number of likely N-dealkylation sites (N-methyl/N-ethyl adjacent to an activating group) is 1. The van der Waals surface area contributed by atoms with Crippen LogP contribution >= 0.6 is 11.8 Å². The minimum atomic E-state index is 0.0469. The molecular weight excluding hydrogens is 208 g/mol. The van der Waals surface area contributed by atoms with Gasteiger partial charge in [0.2, 0.25) is 5.91 Å². The maximum Gasteiger partial charge on any atom is 0.239 e. The Bertz CT molecular complexity index is 211. The average Bonchev–Trinajstić information content (AvgIpc) is 2.25. The summed E-state index contributed by atoms with van der Waals surface area (Å²) < 4.78 is 0. The smallest absolute Gasteiger partial charge is 0.239 e. The highest BCUT2D eigenvalue weighted by molar-refractivity contribution is 7.98. The number of amides is 1. The van der Waals surface area contributed by atoms with Crippen molar-refractivity contribution in [3.8, 4) is 0 Å². The van der Waals surface area contributed by atoms with Crippen molar-refractivity contribution in [3.63, 3.8) is 0 Å². The van der Waals surface area contributed by atoms with Crippen molar-refractivity contribution in [2.75, 3.05) is 32.1 Å². The third-order valence-corrected chi connectivity index (χ3v) is 3.63. The number of piperidine rings is 1. The Morgan fingerprint density at radius 2 is 2.33 bits per heavy atom. The van der Waals surface area contributed by atoms with Gasteiger partial charge < -0.3 is 10.2 Å². The summed E-state index contributed by atoms with van der Waals surface area (Å²) in [4.78, 5) is 13.9. The second-order valence-corrected chi connectivity index (χ2v) is 5.29. The first-order chi connectivity index (χ1) is 7.16. The first-order valence-electron chi connectivity index (χ1n) is 5.64. The quantitative estimate of drug-likeness (QED) is 0.787. The van der Waals surface area contributed by atoms with Crippen LogP contribution in [-0.4, -0.2) is 49.0 Å². The van der Waals surface area contributed by atoms with Crippen molar-refractivity contribution in [3.05, 3.63) is 0 Å². The molecular formula is C11H22N2OS. The van der Waals surface area contributed by atoms with Gasteiger partial charge in [0, 0.05) is 19.3 Å². The molecule has 0 aliphatic carbocycles. The van der Waals surface area contributed by atoms with Gasteiger partial charge in [-0.05, 0) is 31.6 Å². The Morgan fingerprint density at radius 1 is 1.60 bits per heavy atom. The molecule has 88 valence electrons. The zero-order chi connectivity index (χ0) is 11.3. The van der Waals surface area contributed by atoms with Gasteiger partial charge in [0.25, 0.3) is 0 Å². The predicted octanol–water partition coefficient (Wildman–Crippen LogP) is 1.20. The molecule has 1 aliphatic heterocycles. The topological polar surface area (TPSA) is 32.3 Å². The Labute approximate surface area is 97.0 Å². The molecule has 1 heterocycles. The van der Waals surface area contributed by atoms with E-state index in [1.54, 1.807) is 11.8 Å². The van der Waals surface area contributed by atoms with Crippen LogP contribution in [0.25, 0.3) is 0 Å². The molecule has 3 nitrogen and oxygen atoms in total. The third-order valence-electron chi connectivity index (χ3n) is 3.04. The van der Waals surface area contributed by atoms with Gasteiger partial charge in [0.1, 0.15) is 0 Å². The van der Waals surface area contributed by atoms with Crippen LogP contribution in [0.1, 0.15) is 19.8 Å². The van der Waals surface area contributed by atoms with Crippen LogP contribution in [0.5, 0.6) is 0 Å². The first kappa shape index (κ1) is 12.8. The van der Waals surface area contributed by atoms with Crippen molar-refractivity contribution < 1.29 is 4.79 Å². The zero-order valence-corrected chi connectivity index (χ0v) is 10.8. The van der Waals surface area contributed by atoms with Crippen LogP contribution in [0.2, 0.25) is 0 Å². The number of hydrogen-bond donors (Lipinski definition) is 1. The molecule has 4 heteroatoms. The van der Waals surface area contributed by atoms with E-state index in [0.29, 0.717) is 5.92 Å². The molecule has 0 saturated carbocycles. The Balaban J connectivity index is 2.43. The molecule has 0 aromatic carbocycles. The summed E-state index contributed by atoms with van der Waals surface area (Å²) >= 11 is 1.78. The molecule has 1 amide bonds. The Kier molecular flexibility index (Phi) is 5.47. The first-order valence-corrected chi connectivity index (χ1v) is 7.03. The summed E-state index contributed by atoms with van der Waals surface area (Å²) in [6.45, 7) is 4.00. The molecule has 0 aromatic rings. The summed E-state index contributed by atoms with van der Waals surface area (Å²) in [7, 11) is 1.90. The lowest BCUT2D eigenvalue weighted by molar-refractivity contribution is -0.133. The normalized spacial score (nSPS) is 26.3. The molecule has 1 N–H and O–H groups in total. The summed E-state index contributed by atoms with van der Waals surface area (Å²) in [5.41, 5.74) is 0. The van der Waals surface area contributed by atoms with Crippen molar-refractivity contribution in [2.45, 2.75) is 25.8 Å². The second kappa shape index (κ2) is 6.38. The number of nitrogens with one attached hydrogen (secondary N) is 1. The molecule has 1 saturated heterocycles. The lowest BCUT2D eigenvalue weighted by Gasteiger charge is -2.32. The van der Waals surface area contributed by atoms with E-state index in [0.717, 1.165) is 18.8 Å². The van der Waals surface area contributed by atoms with Crippen LogP contribution in [0.4, 0.5) is 0 Å². The van der Waals surface area contributed by atoms with Crippen molar-refractivity contribution >= 4 is 17.7 Å². The molecule has 2 unspecified atom stereocenters. The van der Waals surface area contributed by atoms with Gasteiger partial charge >= 0.3 is 0 Å². The Hall–Kier alpha value is -0.220. The molecule has 0 radical (unpaired) electrons. The van der Waals surface area contributed by atoms with Crippen LogP contribution in [0.15, 0.2) is 0 Å². The average molecular weight is 230 g/mol. The van der Waals surface area contributed by atoms with E-state index >= 15 is 0 Å². The molecule has 1 rings (SSSR count). The lowest BCUT2D eigenvalue weighted by Crippen LogP contribution is -2.51. The van der Waals surface area contributed by atoms with E-state index in [-0.39, 0.29) is 11.9 Å². The highest BCUT2D eigenvalue weighted by Gasteiger charge is 2.29. The number of rotatable bonds is 4. The third kappa shape index (κ3) is 3.68. The van der Waals surface area contributed by atoms with Crippen LogP contribution in [0, 0.1) is 5.92 Å². The maximum absolute atomic E-state index is 12.1. The van der Waals surface area contributed by atoms with Gasteiger partial charge in [0.05, 0.1) is 6.04 Å². The fraction of sp³-hybridized carbons (Fsp3) is 0.909. The summed E-state index contributed by atoms with van der Waals surface area (Å²) in [6.07, 6.45) is 4.43. The molecule has 1 fully saturated rings. The number of thioether (sulfide) groups is 1. The predicted molar refractivity (Wildman–Crippen MR) is 66.2 cm³/mol. The van der Waals surface area contributed by atoms with Crippen LogP contribution < -0.4 is 5.32 Å². The van der Waals surface area contributed by atoms with E-state index in [4.69, 9.17) is 0 Å². The van der Waals surface area contributed by atoms with E-state index < -0.39 is 0 Å². The van der Waals surface area contributed by atoms with Crippen molar-refractivity contribution in [1.29, 1.82) is 0 Å². The van der Waals surface area contributed by atoms with Crippen LogP contribution in [-0.2, 0) is 4.79 Å². The van der Waals surface area contributed by atoms with Gasteiger partial charge in [-0.25, -0.2) is 0 Å². The van der Waals surface area contributed by atoms with E-state index in [2.05, 4.69) is 18.5 Å². The van der Waals surface area contributed by atoms with Gasteiger partial charge in [-0.3, -0.25) is 4.79 Å². The van der Waals surface area contributed by atoms with E-state index in [9.17, 15) is 4.79 Å². The molecule has 0 aromatic heterocycles. The SMILES string of the molecule is CSCCN(C)C(=O)C1NCCCC1C. The summed E-state index contributed by atoms with van der Waals surface area (Å²) in [6, 6.07) is 0.0469. The highest BCUT2D eigenvalue weighted by atomic mass is 32.2. The van der Waals surface area contributed by atoms with Crippen molar-refractivity contribution in [2.24, 2.45) is 5.92 Å². The number of nitrogens with zero attached hydrogens (tertiary/aromatic N) is 1. The standard InChI is InChI=1S/C11H22N2OS/c1-9-5-4-6-12-10(9)11(14)13(2)7-8-15-3/h9-10,12H,4-8H2,1-3H3. The van der Waals surface area contributed by atoms with Gasteiger partial charge in [-0.1, -0.05) is 6.92 Å². The van der Waals surface area contributed by atoms with Crippen molar-refractivity contribution in [1.82, 2.24) is 10.2 Å². The summed E-state index contributed by atoms with van der Waals surface area (Å²) in [5, 5.41) is 3.33. The molecule has 0 bridgehead atoms. The van der Waals surface area contributed by atoms with E-state index in [1.807, 2.05) is 11.9 Å². The molecule has 0 spiro atoms. The number of hydrogen-bond acceptors (Lipinski definition) is 3. The van der Waals surface area contributed by atoms with E-state index in [1.165, 1.54) is 12.8 Å². The minimum Gasteiger partial charge on any atom is -0.344 e. The second-order valence-electron chi connectivity index (χ2n) is 4.30. The Morgan fingerprint density at radius 3 is 2.93 bits per heavy atom. The summed E-state index contributed by atoms with van der Waals surface area (Å²) in [5.74, 6) is 1.75.